The minimum atomic E-state index is -0.145. The van der Waals surface area contributed by atoms with E-state index in [1.165, 1.54) is 19.3 Å². The van der Waals surface area contributed by atoms with Crippen LogP contribution in [0.1, 0.15) is 46.4 Å². The van der Waals surface area contributed by atoms with Crippen molar-refractivity contribution in [3.05, 3.63) is 83.9 Å². The Morgan fingerprint density at radius 3 is 2.41 bits per heavy atom. The molecule has 6 rings (SSSR count). The summed E-state index contributed by atoms with van der Waals surface area (Å²) in [6.45, 7) is 0. The second kappa shape index (κ2) is 8.45. The van der Waals surface area contributed by atoms with E-state index >= 15 is 0 Å². The summed E-state index contributed by atoms with van der Waals surface area (Å²) in [7, 11) is 0. The lowest BCUT2D eigenvalue weighted by Gasteiger charge is -2.22. The van der Waals surface area contributed by atoms with Crippen molar-refractivity contribution >= 4 is 28.5 Å². The van der Waals surface area contributed by atoms with Crippen LogP contribution in [0.4, 0.5) is 5.69 Å². The van der Waals surface area contributed by atoms with Gasteiger partial charge in [-0.3, -0.25) is 9.59 Å². The van der Waals surface area contributed by atoms with E-state index in [2.05, 4.69) is 20.6 Å². The van der Waals surface area contributed by atoms with Crippen LogP contribution in [0, 0.1) is 11.8 Å². The average molecular weight is 451 g/mol. The van der Waals surface area contributed by atoms with E-state index in [1.54, 1.807) is 12.1 Å². The molecule has 4 aromatic rings. The molecule has 34 heavy (non-hydrogen) atoms. The Kier molecular flexibility index (Phi) is 5.13. The predicted octanol–water partition coefficient (Wildman–Crippen LogP) is 5.40. The van der Waals surface area contributed by atoms with Crippen LogP contribution in [-0.2, 0) is 0 Å². The molecule has 2 fully saturated rings. The molecular weight excluding hydrogens is 424 g/mol. The molecule has 0 aliphatic heterocycles. The number of H-pyrrole nitrogens is 1. The molecule has 2 aliphatic carbocycles. The SMILES string of the molecule is O=C(Nc1ccc(-c2nc3ccc(C(=O)N[C@H]4CC5CCC4C5)cc3[nH]2)cc1)c1ccccc1. The topological polar surface area (TPSA) is 86.9 Å². The van der Waals surface area contributed by atoms with Gasteiger partial charge < -0.3 is 15.6 Å². The van der Waals surface area contributed by atoms with E-state index in [9.17, 15) is 9.59 Å². The molecule has 2 saturated carbocycles. The fraction of sp³-hybridized carbons (Fsp3) is 0.250. The summed E-state index contributed by atoms with van der Waals surface area (Å²) in [5, 5.41) is 6.16. The highest BCUT2D eigenvalue weighted by Gasteiger charge is 2.40. The Balaban J connectivity index is 1.16. The Hall–Kier alpha value is -3.93. The average Bonchev–Trinajstić information content (AvgIpc) is 3.60. The number of imidazole rings is 1. The number of aromatic amines is 1. The van der Waals surface area contributed by atoms with Gasteiger partial charge in [-0.25, -0.2) is 4.98 Å². The molecule has 6 heteroatoms. The molecule has 2 unspecified atom stereocenters. The van der Waals surface area contributed by atoms with E-state index in [0.29, 0.717) is 28.8 Å². The van der Waals surface area contributed by atoms with Crippen molar-refractivity contribution in [1.29, 1.82) is 0 Å². The highest BCUT2D eigenvalue weighted by Crippen LogP contribution is 2.44. The molecule has 170 valence electrons. The first-order valence-corrected chi connectivity index (χ1v) is 11.9. The fourth-order valence-electron chi connectivity index (χ4n) is 5.47. The molecule has 3 atom stereocenters. The molecule has 3 aromatic carbocycles. The number of benzene rings is 3. The maximum absolute atomic E-state index is 12.8. The third-order valence-corrected chi connectivity index (χ3v) is 7.25. The molecule has 0 spiro atoms. The van der Waals surface area contributed by atoms with Gasteiger partial charge in [0.25, 0.3) is 11.8 Å². The first kappa shape index (κ1) is 20.7. The summed E-state index contributed by atoms with van der Waals surface area (Å²) in [6.07, 6.45) is 4.95. The van der Waals surface area contributed by atoms with Gasteiger partial charge in [0.15, 0.2) is 0 Å². The lowest BCUT2D eigenvalue weighted by atomic mass is 9.95. The largest absolute Gasteiger partial charge is 0.349 e. The van der Waals surface area contributed by atoms with Gasteiger partial charge in [0.05, 0.1) is 11.0 Å². The van der Waals surface area contributed by atoms with E-state index in [4.69, 9.17) is 0 Å². The van der Waals surface area contributed by atoms with Gasteiger partial charge in [-0.05, 0) is 85.7 Å². The minimum Gasteiger partial charge on any atom is -0.349 e. The zero-order valence-electron chi connectivity index (χ0n) is 18.8. The third kappa shape index (κ3) is 3.96. The predicted molar refractivity (Wildman–Crippen MR) is 133 cm³/mol. The van der Waals surface area contributed by atoms with Gasteiger partial charge in [-0.2, -0.15) is 0 Å². The van der Waals surface area contributed by atoms with Crippen molar-refractivity contribution < 1.29 is 9.59 Å². The third-order valence-electron chi connectivity index (χ3n) is 7.25. The smallest absolute Gasteiger partial charge is 0.255 e. The Bertz CT molecular complexity index is 1360. The number of rotatable bonds is 5. The second-order valence-corrected chi connectivity index (χ2v) is 9.47. The highest BCUT2D eigenvalue weighted by molar-refractivity contribution is 6.04. The van der Waals surface area contributed by atoms with E-state index in [0.717, 1.165) is 34.8 Å². The number of hydrogen-bond acceptors (Lipinski definition) is 3. The maximum Gasteiger partial charge on any atom is 0.255 e. The molecule has 0 radical (unpaired) electrons. The van der Waals surface area contributed by atoms with Crippen LogP contribution in [0.15, 0.2) is 72.8 Å². The number of carbonyl (C=O) groups is 2. The molecule has 2 bridgehead atoms. The van der Waals surface area contributed by atoms with Crippen LogP contribution in [0.3, 0.4) is 0 Å². The van der Waals surface area contributed by atoms with Crippen molar-refractivity contribution in [2.45, 2.75) is 31.7 Å². The van der Waals surface area contributed by atoms with Gasteiger partial charge in [0.2, 0.25) is 0 Å². The Morgan fingerprint density at radius 1 is 0.853 bits per heavy atom. The minimum absolute atomic E-state index is 0.00545. The van der Waals surface area contributed by atoms with Gasteiger partial charge in [0, 0.05) is 28.4 Å². The lowest BCUT2D eigenvalue weighted by molar-refractivity contribution is 0.0922. The quantitative estimate of drug-likeness (QED) is 0.380. The molecule has 3 N–H and O–H groups in total. The standard InChI is InChI=1S/C28H26N4O2/c33-27(19-4-2-1-3-5-19)29-22-11-8-18(9-12-22)26-30-23-13-10-21(16-25(23)31-26)28(34)32-24-15-17-6-7-20(24)14-17/h1-5,8-13,16-17,20,24H,6-7,14-15H2,(H,29,33)(H,30,31)(H,32,34)/t17?,20?,24-/m0/s1. The van der Waals surface area contributed by atoms with E-state index < -0.39 is 0 Å². The fourth-order valence-corrected chi connectivity index (χ4v) is 5.47. The summed E-state index contributed by atoms with van der Waals surface area (Å²) in [5.74, 6) is 2.02. The normalized spacial score (nSPS) is 21.0. The van der Waals surface area contributed by atoms with Crippen LogP contribution in [0.2, 0.25) is 0 Å². The molecule has 2 aliphatic rings. The zero-order valence-corrected chi connectivity index (χ0v) is 18.8. The lowest BCUT2D eigenvalue weighted by Crippen LogP contribution is -2.38. The maximum atomic E-state index is 12.8. The van der Waals surface area contributed by atoms with Crippen molar-refractivity contribution in [2.24, 2.45) is 11.8 Å². The molecule has 0 saturated heterocycles. The molecule has 2 amide bonds. The summed E-state index contributed by atoms with van der Waals surface area (Å²) < 4.78 is 0. The van der Waals surface area contributed by atoms with Crippen molar-refractivity contribution in [1.82, 2.24) is 15.3 Å². The summed E-state index contributed by atoms with van der Waals surface area (Å²) >= 11 is 0. The van der Waals surface area contributed by atoms with Crippen LogP contribution in [-0.4, -0.2) is 27.8 Å². The second-order valence-electron chi connectivity index (χ2n) is 9.47. The Labute approximate surface area is 197 Å². The molecule has 6 nitrogen and oxygen atoms in total. The van der Waals surface area contributed by atoms with Gasteiger partial charge in [-0.15, -0.1) is 0 Å². The number of carbonyl (C=O) groups excluding carboxylic acids is 2. The monoisotopic (exact) mass is 450 g/mol. The van der Waals surface area contributed by atoms with Crippen LogP contribution >= 0.6 is 0 Å². The van der Waals surface area contributed by atoms with E-state index in [1.807, 2.05) is 60.7 Å². The van der Waals surface area contributed by atoms with Crippen molar-refractivity contribution in [2.75, 3.05) is 5.32 Å². The first-order chi connectivity index (χ1) is 16.6. The number of nitrogens with one attached hydrogen (secondary N) is 3. The van der Waals surface area contributed by atoms with Crippen molar-refractivity contribution in [3.63, 3.8) is 0 Å². The van der Waals surface area contributed by atoms with Crippen LogP contribution in [0.25, 0.3) is 22.4 Å². The number of nitrogens with zero attached hydrogens (tertiary/aromatic N) is 1. The molecular formula is C28H26N4O2. The van der Waals surface area contributed by atoms with Gasteiger partial charge in [0.1, 0.15) is 5.82 Å². The van der Waals surface area contributed by atoms with Gasteiger partial charge in [-0.1, -0.05) is 24.6 Å². The van der Waals surface area contributed by atoms with Crippen LogP contribution < -0.4 is 10.6 Å². The summed E-state index contributed by atoms with van der Waals surface area (Å²) in [4.78, 5) is 33.2. The number of hydrogen-bond donors (Lipinski definition) is 3. The molecule has 1 aromatic heterocycles. The Morgan fingerprint density at radius 2 is 1.68 bits per heavy atom. The number of amides is 2. The number of anilines is 1. The molecule has 1 heterocycles. The number of aromatic nitrogens is 2. The summed E-state index contributed by atoms with van der Waals surface area (Å²) in [6, 6.07) is 22.6. The first-order valence-electron chi connectivity index (χ1n) is 11.9. The zero-order chi connectivity index (χ0) is 23.1. The van der Waals surface area contributed by atoms with Crippen LogP contribution in [0.5, 0.6) is 0 Å². The van der Waals surface area contributed by atoms with Gasteiger partial charge >= 0.3 is 0 Å². The summed E-state index contributed by atoms with van der Waals surface area (Å²) in [5.41, 5.74) is 4.54. The number of fused-ring (bicyclic) bond motifs is 3. The highest BCUT2D eigenvalue weighted by atomic mass is 16.2. The van der Waals surface area contributed by atoms with Crippen molar-refractivity contribution in [3.8, 4) is 11.4 Å². The van der Waals surface area contributed by atoms with E-state index in [-0.39, 0.29) is 11.8 Å².